The smallest absolute Gasteiger partial charge is 0.390 e. The lowest BCUT2D eigenvalue weighted by Crippen LogP contribution is -2.21. The minimum Gasteiger partial charge on any atom is -0.494 e. The second-order valence-electron chi connectivity index (χ2n) is 4.56. The van der Waals surface area contributed by atoms with Crippen molar-refractivity contribution in [2.75, 3.05) is 6.61 Å². The van der Waals surface area contributed by atoms with Gasteiger partial charge in [-0.15, -0.1) is 12.4 Å². The van der Waals surface area contributed by atoms with E-state index in [1.165, 1.54) is 0 Å². The van der Waals surface area contributed by atoms with Crippen LogP contribution in [-0.4, -0.2) is 12.8 Å². The van der Waals surface area contributed by atoms with Gasteiger partial charge >= 0.3 is 6.18 Å². The van der Waals surface area contributed by atoms with Crippen LogP contribution in [0.4, 0.5) is 13.2 Å². The molecule has 0 amide bonds. The fraction of sp³-hybridized carbons (Fsp3) is 0.333. The third kappa shape index (κ3) is 4.25. The first-order valence-corrected chi connectivity index (χ1v) is 6.39. The van der Waals surface area contributed by atoms with Crippen molar-refractivity contribution >= 4 is 23.2 Å². The van der Waals surface area contributed by atoms with Crippen LogP contribution in [0.25, 0.3) is 10.8 Å². The fourth-order valence-corrected chi connectivity index (χ4v) is 2.29. The summed E-state index contributed by atoms with van der Waals surface area (Å²) in [7, 11) is 0. The van der Waals surface area contributed by atoms with Crippen molar-refractivity contribution in [3.05, 3.63) is 42.0 Å². The lowest BCUT2D eigenvalue weighted by atomic mass is 9.96. The second kappa shape index (κ2) is 7.00. The fourth-order valence-electron chi connectivity index (χ4n) is 2.29. The van der Waals surface area contributed by atoms with Crippen molar-refractivity contribution in [3.63, 3.8) is 0 Å². The summed E-state index contributed by atoms with van der Waals surface area (Å²) in [6, 6.07) is 9.59. The highest BCUT2D eigenvalue weighted by molar-refractivity contribution is 5.88. The molecule has 2 aromatic carbocycles. The van der Waals surface area contributed by atoms with Gasteiger partial charge in [0.2, 0.25) is 0 Å². The van der Waals surface area contributed by atoms with Crippen LogP contribution < -0.4 is 10.5 Å². The van der Waals surface area contributed by atoms with E-state index in [2.05, 4.69) is 0 Å². The van der Waals surface area contributed by atoms with Gasteiger partial charge in [-0.25, -0.2) is 0 Å². The lowest BCUT2D eigenvalue weighted by Gasteiger charge is -2.20. The summed E-state index contributed by atoms with van der Waals surface area (Å²) >= 11 is 0. The van der Waals surface area contributed by atoms with Crippen molar-refractivity contribution in [2.45, 2.75) is 25.6 Å². The van der Waals surface area contributed by atoms with E-state index >= 15 is 0 Å². The Hall–Kier alpha value is -1.46. The van der Waals surface area contributed by atoms with Crippen LogP contribution >= 0.6 is 12.4 Å². The minimum atomic E-state index is -4.31. The van der Waals surface area contributed by atoms with Gasteiger partial charge in [0.1, 0.15) is 5.75 Å². The highest BCUT2D eigenvalue weighted by Crippen LogP contribution is 2.37. The SMILES string of the molecule is CCOc1ccc2ccccc2c1[C@@H](N)CC(F)(F)F.Cl. The van der Waals surface area contributed by atoms with Gasteiger partial charge in [0.15, 0.2) is 0 Å². The van der Waals surface area contributed by atoms with Crippen LogP contribution in [0.3, 0.4) is 0 Å². The van der Waals surface area contributed by atoms with Crippen molar-refractivity contribution in [3.8, 4) is 5.75 Å². The predicted octanol–water partition coefficient (Wildman–Crippen LogP) is 4.61. The van der Waals surface area contributed by atoms with E-state index in [0.29, 0.717) is 23.3 Å². The Morgan fingerprint density at radius 1 is 1.14 bits per heavy atom. The molecule has 2 nitrogen and oxygen atoms in total. The first-order valence-electron chi connectivity index (χ1n) is 6.39. The number of benzene rings is 2. The zero-order chi connectivity index (χ0) is 14.8. The monoisotopic (exact) mass is 319 g/mol. The Balaban J connectivity index is 0.00000220. The van der Waals surface area contributed by atoms with E-state index in [9.17, 15) is 13.2 Å². The molecule has 2 rings (SSSR count). The molecule has 116 valence electrons. The molecule has 0 aliphatic heterocycles. The average molecular weight is 320 g/mol. The largest absolute Gasteiger partial charge is 0.494 e. The van der Waals surface area contributed by atoms with E-state index in [4.69, 9.17) is 10.5 Å². The number of alkyl halides is 3. The van der Waals surface area contributed by atoms with Gasteiger partial charge < -0.3 is 10.5 Å². The number of hydrogen-bond donors (Lipinski definition) is 1. The van der Waals surface area contributed by atoms with Crippen LogP contribution in [0, 0.1) is 0 Å². The summed E-state index contributed by atoms with van der Waals surface area (Å²) < 4.78 is 43.2. The summed E-state index contributed by atoms with van der Waals surface area (Å²) in [5, 5.41) is 1.55. The topological polar surface area (TPSA) is 35.2 Å². The molecule has 0 aliphatic carbocycles. The number of rotatable bonds is 4. The Labute approximate surface area is 127 Å². The van der Waals surface area contributed by atoms with Gasteiger partial charge in [-0.05, 0) is 23.8 Å². The molecule has 2 N–H and O–H groups in total. The first kappa shape index (κ1) is 17.6. The Kier molecular flexibility index (Phi) is 5.87. The molecule has 0 spiro atoms. The summed E-state index contributed by atoms with van der Waals surface area (Å²) in [6.07, 6.45) is -5.37. The molecule has 0 radical (unpaired) electrons. The molecule has 0 bridgehead atoms. The Morgan fingerprint density at radius 3 is 2.43 bits per heavy atom. The van der Waals surface area contributed by atoms with Crippen molar-refractivity contribution in [1.82, 2.24) is 0 Å². The molecule has 0 fully saturated rings. The minimum absolute atomic E-state index is 0. The quantitative estimate of drug-likeness (QED) is 0.893. The maximum atomic E-state index is 12.6. The number of fused-ring (bicyclic) bond motifs is 1. The second-order valence-corrected chi connectivity index (χ2v) is 4.56. The highest BCUT2D eigenvalue weighted by Gasteiger charge is 2.32. The average Bonchev–Trinajstić information content (AvgIpc) is 2.36. The zero-order valence-electron chi connectivity index (χ0n) is 11.5. The van der Waals surface area contributed by atoms with Gasteiger partial charge in [0, 0.05) is 11.6 Å². The Morgan fingerprint density at radius 2 is 1.81 bits per heavy atom. The molecule has 0 aliphatic rings. The van der Waals surface area contributed by atoms with Crippen LogP contribution in [0.1, 0.15) is 24.9 Å². The molecule has 21 heavy (non-hydrogen) atoms. The van der Waals surface area contributed by atoms with E-state index in [-0.39, 0.29) is 12.4 Å². The van der Waals surface area contributed by atoms with Gasteiger partial charge in [-0.2, -0.15) is 13.2 Å². The number of halogens is 4. The molecule has 0 saturated carbocycles. The van der Waals surface area contributed by atoms with Crippen LogP contribution in [0.2, 0.25) is 0 Å². The van der Waals surface area contributed by atoms with E-state index in [0.717, 1.165) is 5.39 Å². The number of hydrogen-bond acceptors (Lipinski definition) is 2. The maximum absolute atomic E-state index is 12.6. The molecule has 0 saturated heterocycles. The summed E-state index contributed by atoms with van der Waals surface area (Å²) in [5.41, 5.74) is 6.20. The van der Waals surface area contributed by atoms with Gasteiger partial charge in [-0.1, -0.05) is 30.3 Å². The zero-order valence-corrected chi connectivity index (χ0v) is 12.3. The maximum Gasteiger partial charge on any atom is 0.390 e. The molecule has 1 atom stereocenters. The third-order valence-electron chi connectivity index (χ3n) is 3.05. The highest BCUT2D eigenvalue weighted by atomic mass is 35.5. The standard InChI is InChI=1S/C15H16F3NO.ClH/c1-2-20-13-8-7-10-5-3-4-6-11(10)14(13)12(19)9-15(16,17)18;/h3-8,12H,2,9,19H2,1H3;1H/t12-;/m0./s1. The summed E-state index contributed by atoms with van der Waals surface area (Å²) in [4.78, 5) is 0. The lowest BCUT2D eigenvalue weighted by molar-refractivity contribution is -0.138. The molecular weight excluding hydrogens is 303 g/mol. The third-order valence-corrected chi connectivity index (χ3v) is 3.05. The summed E-state index contributed by atoms with van der Waals surface area (Å²) in [5.74, 6) is 0.419. The number of nitrogens with two attached hydrogens (primary N) is 1. The Bertz CT molecular complexity index is 601. The van der Waals surface area contributed by atoms with Crippen molar-refractivity contribution < 1.29 is 17.9 Å². The van der Waals surface area contributed by atoms with E-state index < -0.39 is 18.6 Å². The normalized spacial score (nSPS) is 12.8. The van der Waals surface area contributed by atoms with E-state index in [1.807, 2.05) is 18.2 Å². The van der Waals surface area contributed by atoms with Crippen LogP contribution in [0.15, 0.2) is 36.4 Å². The van der Waals surface area contributed by atoms with Gasteiger partial charge in [-0.3, -0.25) is 0 Å². The van der Waals surface area contributed by atoms with Crippen LogP contribution in [0.5, 0.6) is 5.75 Å². The number of ether oxygens (including phenoxy) is 1. The van der Waals surface area contributed by atoms with Crippen molar-refractivity contribution in [2.24, 2.45) is 5.73 Å². The molecule has 0 unspecified atom stereocenters. The van der Waals surface area contributed by atoms with Crippen LogP contribution in [-0.2, 0) is 0 Å². The molecule has 0 aromatic heterocycles. The molecule has 6 heteroatoms. The molecule has 2 aromatic rings. The van der Waals surface area contributed by atoms with Crippen molar-refractivity contribution in [1.29, 1.82) is 0 Å². The van der Waals surface area contributed by atoms with Gasteiger partial charge in [0.05, 0.1) is 13.0 Å². The predicted molar refractivity (Wildman–Crippen MR) is 80.0 cm³/mol. The first-order chi connectivity index (χ1) is 9.42. The van der Waals surface area contributed by atoms with E-state index in [1.54, 1.807) is 25.1 Å². The molecular formula is C15H17ClF3NO. The van der Waals surface area contributed by atoms with Gasteiger partial charge in [0.25, 0.3) is 0 Å². The summed E-state index contributed by atoms with van der Waals surface area (Å²) in [6.45, 7) is 2.17. The molecule has 0 heterocycles.